The molecule has 128 valence electrons. The van der Waals surface area contributed by atoms with Gasteiger partial charge in [-0.2, -0.15) is 0 Å². The third-order valence-corrected chi connectivity index (χ3v) is 6.26. The van der Waals surface area contributed by atoms with Gasteiger partial charge in [0.05, 0.1) is 0 Å². The second kappa shape index (κ2) is 7.30. The van der Waals surface area contributed by atoms with Crippen LogP contribution in [-0.2, 0) is 22.5 Å². The molecular formula is C17H27N3O2S. The molecule has 3 heterocycles. The number of fused-ring (bicyclic) bond motifs is 1. The van der Waals surface area contributed by atoms with Crippen LogP contribution in [0.25, 0.3) is 0 Å². The van der Waals surface area contributed by atoms with Crippen LogP contribution in [0, 0.1) is 0 Å². The van der Waals surface area contributed by atoms with Crippen LogP contribution in [0.3, 0.4) is 0 Å². The van der Waals surface area contributed by atoms with E-state index >= 15 is 0 Å². The van der Waals surface area contributed by atoms with Crippen molar-refractivity contribution < 1.29 is 9.53 Å². The van der Waals surface area contributed by atoms with Crippen molar-refractivity contribution in [1.82, 2.24) is 15.5 Å². The molecule has 2 aliphatic heterocycles. The maximum atomic E-state index is 12.6. The fourth-order valence-electron chi connectivity index (χ4n) is 3.53. The molecule has 1 fully saturated rings. The normalized spacial score (nSPS) is 22.3. The smallest absolute Gasteiger partial charge is 0.252 e. The molecule has 2 aliphatic rings. The summed E-state index contributed by atoms with van der Waals surface area (Å²) in [5, 5.41) is 8.59. The zero-order chi connectivity index (χ0) is 16.3. The van der Waals surface area contributed by atoms with Gasteiger partial charge in [0, 0.05) is 37.7 Å². The summed E-state index contributed by atoms with van der Waals surface area (Å²) < 4.78 is 5.59. The van der Waals surface area contributed by atoms with E-state index < -0.39 is 5.60 Å². The number of thiophene rings is 1. The van der Waals surface area contributed by atoms with Crippen molar-refractivity contribution >= 4 is 17.2 Å². The molecule has 2 N–H and O–H groups in total. The highest BCUT2D eigenvalue weighted by atomic mass is 32.1. The summed E-state index contributed by atoms with van der Waals surface area (Å²) in [7, 11) is 1.65. The van der Waals surface area contributed by atoms with Crippen LogP contribution in [0.5, 0.6) is 0 Å². The standard InChI is InChI=1S/C17H27N3O2S/c1-13(20-9-3-15-14(12-20)4-10-23-15)11-19-16(21)17(22-2)5-7-18-8-6-17/h4,10,13,18H,3,5-9,11-12H2,1-2H3,(H,19,21). The first-order valence-corrected chi connectivity index (χ1v) is 9.36. The van der Waals surface area contributed by atoms with Crippen LogP contribution in [0.15, 0.2) is 11.4 Å². The lowest BCUT2D eigenvalue weighted by Gasteiger charge is -2.36. The molecule has 3 rings (SSSR count). The predicted octanol–water partition coefficient (Wildman–Crippen LogP) is 1.38. The maximum Gasteiger partial charge on any atom is 0.252 e. The Morgan fingerprint density at radius 1 is 1.52 bits per heavy atom. The summed E-state index contributed by atoms with van der Waals surface area (Å²) in [6, 6.07) is 2.56. The lowest BCUT2D eigenvalue weighted by atomic mass is 9.91. The number of ether oxygens (including phenoxy) is 1. The largest absolute Gasteiger partial charge is 0.368 e. The van der Waals surface area contributed by atoms with E-state index in [0.717, 1.165) is 45.4 Å². The molecular weight excluding hydrogens is 310 g/mol. The molecule has 6 heteroatoms. The van der Waals surface area contributed by atoms with Crippen molar-refractivity contribution in [3.8, 4) is 0 Å². The fourth-order valence-corrected chi connectivity index (χ4v) is 4.42. The number of amides is 1. The van der Waals surface area contributed by atoms with Crippen molar-refractivity contribution in [2.75, 3.05) is 33.3 Å². The number of carbonyl (C=O) groups is 1. The Kier molecular flexibility index (Phi) is 5.36. The molecule has 0 spiro atoms. The molecule has 0 radical (unpaired) electrons. The second-order valence-corrected chi connectivity index (χ2v) is 7.60. The molecule has 1 atom stereocenters. The minimum Gasteiger partial charge on any atom is -0.368 e. The van der Waals surface area contributed by atoms with Gasteiger partial charge in [0.25, 0.3) is 5.91 Å². The average molecular weight is 337 g/mol. The monoisotopic (exact) mass is 337 g/mol. The summed E-state index contributed by atoms with van der Waals surface area (Å²) in [5.74, 6) is 0.0431. The van der Waals surface area contributed by atoms with Gasteiger partial charge in [-0.15, -0.1) is 11.3 Å². The van der Waals surface area contributed by atoms with E-state index in [1.165, 1.54) is 10.4 Å². The Bertz CT molecular complexity index is 540. The lowest BCUT2D eigenvalue weighted by molar-refractivity contribution is -0.146. The van der Waals surface area contributed by atoms with Crippen molar-refractivity contribution in [2.24, 2.45) is 0 Å². The van der Waals surface area contributed by atoms with Crippen LogP contribution in [-0.4, -0.2) is 55.7 Å². The van der Waals surface area contributed by atoms with Crippen LogP contribution in [0.4, 0.5) is 0 Å². The Balaban J connectivity index is 1.52. The first-order chi connectivity index (χ1) is 11.1. The van der Waals surface area contributed by atoms with Gasteiger partial charge in [-0.1, -0.05) is 0 Å². The van der Waals surface area contributed by atoms with E-state index in [-0.39, 0.29) is 5.91 Å². The van der Waals surface area contributed by atoms with E-state index in [2.05, 4.69) is 33.9 Å². The van der Waals surface area contributed by atoms with Gasteiger partial charge in [0.2, 0.25) is 0 Å². The SMILES string of the molecule is COC1(C(=O)NCC(C)N2CCc3sccc3C2)CCNCC1. The molecule has 1 saturated heterocycles. The van der Waals surface area contributed by atoms with E-state index in [4.69, 9.17) is 4.74 Å². The third kappa shape index (κ3) is 3.60. The van der Waals surface area contributed by atoms with Crippen LogP contribution in [0.1, 0.15) is 30.2 Å². The van der Waals surface area contributed by atoms with Gasteiger partial charge in [0.1, 0.15) is 5.60 Å². The number of methoxy groups -OCH3 is 1. The number of piperidine rings is 1. The van der Waals surface area contributed by atoms with Gasteiger partial charge >= 0.3 is 0 Å². The van der Waals surface area contributed by atoms with E-state index in [1.54, 1.807) is 7.11 Å². The highest BCUT2D eigenvalue weighted by molar-refractivity contribution is 7.10. The number of nitrogens with one attached hydrogen (secondary N) is 2. The van der Waals surface area contributed by atoms with Gasteiger partial charge in [-0.3, -0.25) is 9.69 Å². The van der Waals surface area contributed by atoms with Crippen molar-refractivity contribution in [3.63, 3.8) is 0 Å². The van der Waals surface area contributed by atoms with Crippen molar-refractivity contribution in [1.29, 1.82) is 0 Å². The lowest BCUT2D eigenvalue weighted by Crippen LogP contribution is -2.56. The van der Waals surface area contributed by atoms with Crippen LogP contribution in [0.2, 0.25) is 0 Å². The molecule has 0 bridgehead atoms. The molecule has 0 aliphatic carbocycles. The summed E-state index contributed by atoms with van der Waals surface area (Å²) >= 11 is 1.86. The maximum absolute atomic E-state index is 12.6. The summed E-state index contributed by atoms with van der Waals surface area (Å²) in [6.07, 6.45) is 2.61. The highest BCUT2D eigenvalue weighted by Gasteiger charge is 2.39. The first kappa shape index (κ1) is 16.9. The molecule has 1 amide bonds. The fraction of sp³-hybridized carbons (Fsp3) is 0.706. The molecule has 0 saturated carbocycles. The summed E-state index contributed by atoms with van der Waals surface area (Å²) in [6.45, 7) is 6.61. The van der Waals surface area contributed by atoms with Crippen LogP contribution < -0.4 is 10.6 Å². The summed E-state index contributed by atoms with van der Waals surface area (Å²) in [5.41, 5.74) is 0.805. The van der Waals surface area contributed by atoms with Gasteiger partial charge in [0.15, 0.2) is 0 Å². The highest BCUT2D eigenvalue weighted by Crippen LogP contribution is 2.25. The quantitative estimate of drug-likeness (QED) is 0.852. The Morgan fingerprint density at radius 3 is 3.04 bits per heavy atom. The Hall–Kier alpha value is -0.950. The minimum absolute atomic E-state index is 0.0431. The van der Waals surface area contributed by atoms with Gasteiger partial charge in [-0.25, -0.2) is 0 Å². The molecule has 0 aromatic carbocycles. The van der Waals surface area contributed by atoms with E-state index in [0.29, 0.717) is 12.6 Å². The molecule has 1 aromatic heterocycles. The predicted molar refractivity (Wildman–Crippen MR) is 92.7 cm³/mol. The Morgan fingerprint density at radius 2 is 2.30 bits per heavy atom. The number of nitrogens with zero attached hydrogens (tertiary/aromatic N) is 1. The third-order valence-electron chi connectivity index (χ3n) is 5.23. The van der Waals surface area contributed by atoms with Crippen LogP contribution >= 0.6 is 11.3 Å². The van der Waals surface area contributed by atoms with Crippen molar-refractivity contribution in [2.45, 2.75) is 44.4 Å². The van der Waals surface area contributed by atoms with E-state index in [1.807, 2.05) is 11.3 Å². The second-order valence-electron chi connectivity index (χ2n) is 6.60. The number of carbonyl (C=O) groups excluding carboxylic acids is 1. The van der Waals surface area contributed by atoms with Crippen molar-refractivity contribution in [3.05, 3.63) is 21.9 Å². The number of hydrogen-bond donors (Lipinski definition) is 2. The Labute approximate surface area is 142 Å². The molecule has 23 heavy (non-hydrogen) atoms. The number of rotatable bonds is 5. The molecule has 5 nitrogen and oxygen atoms in total. The minimum atomic E-state index is -0.645. The summed E-state index contributed by atoms with van der Waals surface area (Å²) in [4.78, 5) is 16.6. The average Bonchev–Trinajstić information content (AvgIpc) is 3.07. The van der Waals surface area contributed by atoms with Gasteiger partial charge in [-0.05, 0) is 56.3 Å². The first-order valence-electron chi connectivity index (χ1n) is 8.48. The zero-order valence-corrected chi connectivity index (χ0v) is 14.9. The zero-order valence-electron chi connectivity index (χ0n) is 14.1. The van der Waals surface area contributed by atoms with Gasteiger partial charge < -0.3 is 15.4 Å². The van der Waals surface area contributed by atoms with E-state index in [9.17, 15) is 4.79 Å². The molecule has 1 aromatic rings. The topological polar surface area (TPSA) is 53.6 Å². The molecule has 1 unspecified atom stereocenters. The number of hydrogen-bond acceptors (Lipinski definition) is 5.